The number of fused-ring (bicyclic) bond motifs is 1. The normalized spacial score (nSPS) is 18.9. The highest BCUT2D eigenvalue weighted by Gasteiger charge is 2.17. The molecule has 0 spiro atoms. The summed E-state index contributed by atoms with van der Waals surface area (Å²) in [6.07, 6.45) is 4.94. The van der Waals surface area contributed by atoms with Crippen molar-refractivity contribution >= 4 is 0 Å². The van der Waals surface area contributed by atoms with Crippen LogP contribution in [0.25, 0.3) is 0 Å². The van der Waals surface area contributed by atoms with Gasteiger partial charge in [-0.05, 0) is 43.2 Å². The molecule has 0 amide bonds. The molecule has 0 radical (unpaired) electrons. The first-order valence-electron chi connectivity index (χ1n) is 7.70. The molecular weight excluding hydrogens is 232 g/mol. The van der Waals surface area contributed by atoms with Crippen LogP contribution in [0.3, 0.4) is 0 Å². The van der Waals surface area contributed by atoms with Crippen molar-refractivity contribution in [3.05, 3.63) is 35.4 Å². The molecule has 0 saturated carbocycles. The molecule has 2 heteroatoms. The van der Waals surface area contributed by atoms with Crippen molar-refractivity contribution in [2.45, 2.75) is 52.1 Å². The van der Waals surface area contributed by atoms with Crippen LogP contribution in [-0.4, -0.2) is 24.0 Å². The molecule has 2 rings (SSSR count). The minimum absolute atomic E-state index is 0.356. The van der Waals surface area contributed by atoms with Gasteiger partial charge in [0.25, 0.3) is 0 Å². The third-order valence-corrected chi connectivity index (χ3v) is 4.14. The summed E-state index contributed by atoms with van der Waals surface area (Å²) in [4.78, 5) is 2.61. The highest BCUT2D eigenvalue weighted by atomic mass is 15.1. The first-order chi connectivity index (χ1) is 9.15. The van der Waals surface area contributed by atoms with E-state index in [9.17, 15) is 0 Å². The van der Waals surface area contributed by atoms with Crippen molar-refractivity contribution in [3.8, 4) is 0 Å². The molecular formula is C17H28N2. The average molecular weight is 260 g/mol. The Morgan fingerprint density at radius 1 is 1.16 bits per heavy atom. The van der Waals surface area contributed by atoms with Crippen molar-refractivity contribution in [2.24, 2.45) is 11.7 Å². The van der Waals surface area contributed by atoms with E-state index >= 15 is 0 Å². The van der Waals surface area contributed by atoms with E-state index in [2.05, 4.69) is 43.0 Å². The van der Waals surface area contributed by atoms with Gasteiger partial charge in [0, 0.05) is 25.7 Å². The molecule has 0 aliphatic carbocycles. The van der Waals surface area contributed by atoms with Gasteiger partial charge in [0.15, 0.2) is 0 Å². The van der Waals surface area contributed by atoms with Crippen LogP contribution in [0.4, 0.5) is 0 Å². The van der Waals surface area contributed by atoms with Crippen LogP contribution < -0.4 is 5.73 Å². The quantitative estimate of drug-likeness (QED) is 0.851. The molecule has 0 fully saturated rings. The van der Waals surface area contributed by atoms with Crippen molar-refractivity contribution in [1.82, 2.24) is 4.90 Å². The van der Waals surface area contributed by atoms with Crippen LogP contribution in [0.5, 0.6) is 0 Å². The van der Waals surface area contributed by atoms with Gasteiger partial charge in [0.05, 0.1) is 0 Å². The molecule has 2 nitrogen and oxygen atoms in total. The van der Waals surface area contributed by atoms with Gasteiger partial charge in [-0.15, -0.1) is 0 Å². The summed E-state index contributed by atoms with van der Waals surface area (Å²) >= 11 is 0. The van der Waals surface area contributed by atoms with Gasteiger partial charge in [0.2, 0.25) is 0 Å². The predicted molar refractivity (Wildman–Crippen MR) is 82.1 cm³/mol. The summed E-state index contributed by atoms with van der Waals surface area (Å²) in [7, 11) is 0. The fourth-order valence-electron chi connectivity index (χ4n) is 3.03. The Hall–Kier alpha value is -0.860. The fraction of sp³-hybridized carbons (Fsp3) is 0.647. The Labute approximate surface area is 118 Å². The molecule has 0 saturated heterocycles. The lowest BCUT2D eigenvalue weighted by atomic mass is 9.97. The molecule has 1 aliphatic heterocycles. The zero-order valence-electron chi connectivity index (χ0n) is 12.4. The molecule has 2 N–H and O–H groups in total. The van der Waals surface area contributed by atoms with E-state index < -0.39 is 0 Å². The summed E-state index contributed by atoms with van der Waals surface area (Å²) < 4.78 is 0. The Balaban J connectivity index is 1.75. The van der Waals surface area contributed by atoms with Gasteiger partial charge in [-0.1, -0.05) is 37.6 Å². The summed E-state index contributed by atoms with van der Waals surface area (Å²) in [5, 5.41) is 0. The van der Waals surface area contributed by atoms with Crippen molar-refractivity contribution in [1.29, 1.82) is 0 Å². The molecule has 1 heterocycles. The molecule has 0 bridgehead atoms. The SMILES string of the molecule is CC(N)CCCC(C)CN1CCc2ccccc2C1. The molecule has 1 aromatic carbocycles. The van der Waals surface area contributed by atoms with Crippen LogP contribution in [-0.2, 0) is 13.0 Å². The molecule has 2 atom stereocenters. The second kappa shape index (κ2) is 7.06. The molecule has 1 aromatic rings. The maximum Gasteiger partial charge on any atom is 0.0236 e. The number of nitrogens with two attached hydrogens (primary N) is 1. The van der Waals surface area contributed by atoms with Crippen LogP contribution in [0.2, 0.25) is 0 Å². The molecule has 1 aliphatic rings. The van der Waals surface area contributed by atoms with Crippen LogP contribution >= 0.6 is 0 Å². The third-order valence-electron chi connectivity index (χ3n) is 4.14. The second-order valence-electron chi connectivity index (χ2n) is 6.27. The summed E-state index contributed by atoms with van der Waals surface area (Å²) in [5.41, 5.74) is 8.87. The van der Waals surface area contributed by atoms with E-state index in [1.54, 1.807) is 5.56 Å². The Morgan fingerprint density at radius 2 is 1.89 bits per heavy atom. The summed E-state index contributed by atoms with van der Waals surface area (Å²) in [5.74, 6) is 0.781. The minimum Gasteiger partial charge on any atom is -0.328 e. The van der Waals surface area contributed by atoms with E-state index in [-0.39, 0.29) is 0 Å². The zero-order valence-corrected chi connectivity index (χ0v) is 12.4. The van der Waals surface area contributed by atoms with Crippen LogP contribution in [0.15, 0.2) is 24.3 Å². The van der Waals surface area contributed by atoms with Crippen molar-refractivity contribution < 1.29 is 0 Å². The van der Waals surface area contributed by atoms with Gasteiger partial charge in [0.1, 0.15) is 0 Å². The Kier molecular flexibility index (Phi) is 5.41. The predicted octanol–water partition coefficient (Wildman–Crippen LogP) is 3.20. The molecule has 19 heavy (non-hydrogen) atoms. The van der Waals surface area contributed by atoms with Crippen molar-refractivity contribution in [3.63, 3.8) is 0 Å². The van der Waals surface area contributed by atoms with Crippen LogP contribution in [0, 0.1) is 5.92 Å². The van der Waals surface area contributed by atoms with Gasteiger partial charge in [-0.2, -0.15) is 0 Å². The highest BCUT2D eigenvalue weighted by Crippen LogP contribution is 2.20. The fourth-order valence-corrected chi connectivity index (χ4v) is 3.03. The molecule has 2 unspecified atom stereocenters. The van der Waals surface area contributed by atoms with E-state index in [0.29, 0.717) is 6.04 Å². The lowest BCUT2D eigenvalue weighted by molar-refractivity contribution is 0.213. The van der Waals surface area contributed by atoms with Crippen LogP contribution in [0.1, 0.15) is 44.2 Å². The first-order valence-corrected chi connectivity index (χ1v) is 7.70. The second-order valence-corrected chi connectivity index (χ2v) is 6.27. The van der Waals surface area contributed by atoms with E-state index in [0.717, 1.165) is 18.9 Å². The largest absolute Gasteiger partial charge is 0.328 e. The smallest absolute Gasteiger partial charge is 0.0236 e. The first kappa shape index (κ1) is 14.5. The van der Waals surface area contributed by atoms with E-state index in [1.165, 1.54) is 37.9 Å². The van der Waals surface area contributed by atoms with Gasteiger partial charge in [-0.3, -0.25) is 4.90 Å². The Morgan fingerprint density at radius 3 is 2.63 bits per heavy atom. The topological polar surface area (TPSA) is 29.3 Å². The minimum atomic E-state index is 0.356. The number of hydrogen-bond acceptors (Lipinski definition) is 2. The third kappa shape index (κ3) is 4.63. The number of hydrogen-bond donors (Lipinski definition) is 1. The van der Waals surface area contributed by atoms with E-state index in [1.807, 2.05) is 0 Å². The molecule has 0 aromatic heterocycles. The van der Waals surface area contributed by atoms with Crippen molar-refractivity contribution in [2.75, 3.05) is 13.1 Å². The average Bonchev–Trinajstić information content (AvgIpc) is 2.38. The maximum absolute atomic E-state index is 5.81. The number of nitrogens with zero attached hydrogens (tertiary/aromatic N) is 1. The summed E-state index contributed by atoms with van der Waals surface area (Å²) in [6.45, 7) is 8.06. The Bertz CT molecular complexity index is 387. The maximum atomic E-state index is 5.81. The van der Waals surface area contributed by atoms with Gasteiger partial charge in [-0.25, -0.2) is 0 Å². The van der Waals surface area contributed by atoms with Gasteiger partial charge >= 0.3 is 0 Å². The monoisotopic (exact) mass is 260 g/mol. The number of benzene rings is 1. The number of rotatable bonds is 6. The standard InChI is InChI=1S/C17H28N2/c1-14(6-5-7-15(2)18)12-19-11-10-16-8-3-4-9-17(16)13-19/h3-4,8-9,14-15H,5-7,10-13,18H2,1-2H3. The zero-order chi connectivity index (χ0) is 13.7. The van der Waals surface area contributed by atoms with E-state index in [4.69, 9.17) is 5.73 Å². The lowest BCUT2D eigenvalue weighted by Gasteiger charge is -2.31. The lowest BCUT2D eigenvalue weighted by Crippen LogP contribution is -2.34. The highest BCUT2D eigenvalue weighted by molar-refractivity contribution is 5.28. The van der Waals surface area contributed by atoms with Gasteiger partial charge < -0.3 is 5.73 Å². The summed E-state index contributed by atoms with van der Waals surface area (Å²) in [6, 6.07) is 9.23. The molecule has 106 valence electrons.